The highest BCUT2D eigenvalue weighted by Gasteiger charge is 2.28. The van der Waals surface area contributed by atoms with Gasteiger partial charge in [0.15, 0.2) is 4.91 Å². The van der Waals surface area contributed by atoms with E-state index in [1.54, 1.807) is 43.3 Å². The van der Waals surface area contributed by atoms with Crippen molar-refractivity contribution in [3.05, 3.63) is 69.7 Å². The largest absolute Gasteiger partial charge is 0.462 e. The van der Waals surface area contributed by atoms with Crippen molar-refractivity contribution < 1.29 is 17.9 Å². The van der Waals surface area contributed by atoms with Gasteiger partial charge in [0.1, 0.15) is 0 Å². The minimum absolute atomic E-state index is 0.0370. The molecular weight excluding hydrogens is 406 g/mol. The molecule has 0 unspecified atom stereocenters. The molecule has 0 fully saturated rings. The maximum Gasteiger partial charge on any atom is 0.351 e. The molecular formula is C18H18BrNO4S. The van der Waals surface area contributed by atoms with E-state index in [4.69, 9.17) is 4.74 Å². The highest BCUT2D eigenvalue weighted by Crippen LogP contribution is 2.22. The zero-order valence-electron chi connectivity index (χ0n) is 13.8. The first-order chi connectivity index (χ1) is 11.8. The Morgan fingerprint density at radius 2 is 1.72 bits per heavy atom. The predicted octanol–water partition coefficient (Wildman–Crippen LogP) is 4.05. The zero-order chi connectivity index (χ0) is 18.4. The number of benzene rings is 2. The van der Waals surface area contributed by atoms with E-state index in [2.05, 4.69) is 21.2 Å². The molecule has 0 aliphatic heterocycles. The van der Waals surface area contributed by atoms with Crippen molar-refractivity contribution in [3.63, 3.8) is 0 Å². The number of rotatable bonds is 6. The Hall–Kier alpha value is -2.12. The van der Waals surface area contributed by atoms with Gasteiger partial charge in [-0.3, -0.25) is 0 Å². The second-order valence-corrected chi connectivity index (χ2v) is 8.03. The van der Waals surface area contributed by atoms with Crippen molar-refractivity contribution >= 4 is 37.4 Å². The fourth-order valence-corrected chi connectivity index (χ4v) is 3.49. The summed E-state index contributed by atoms with van der Waals surface area (Å²) in [6, 6.07) is 13.4. The van der Waals surface area contributed by atoms with Crippen LogP contribution in [0.4, 0.5) is 5.69 Å². The van der Waals surface area contributed by atoms with E-state index in [-0.39, 0.29) is 11.5 Å². The summed E-state index contributed by atoms with van der Waals surface area (Å²) < 4.78 is 31.4. The molecule has 0 radical (unpaired) electrons. The van der Waals surface area contributed by atoms with E-state index in [1.807, 2.05) is 6.92 Å². The van der Waals surface area contributed by atoms with Gasteiger partial charge in [0.2, 0.25) is 9.84 Å². The number of nitrogens with one attached hydrogen (secondary N) is 1. The number of aryl methyl sites for hydroxylation is 1. The molecule has 0 heterocycles. The average molecular weight is 424 g/mol. The maximum absolute atomic E-state index is 12.8. The SMILES string of the molecule is CCOC(=O)/C(=C\Nc1ccc(Br)cc1)S(=O)(=O)c1ccc(C)cc1. The number of anilines is 1. The molecule has 7 heteroatoms. The minimum Gasteiger partial charge on any atom is -0.462 e. The second-order valence-electron chi connectivity index (χ2n) is 5.20. The third-order valence-corrected chi connectivity index (χ3v) is 5.60. The van der Waals surface area contributed by atoms with Crippen molar-refractivity contribution in [2.24, 2.45) is 0 Å². The number of hydrogen-bond donors (Lipinski definition) is 1. The lowest BCUT2D eigenvalue weighted by atomic mass is 10.2. The smallest absolute Gasteiger partial charge is 0.351 e. The number of hydrogen-bond acceptors (Lipinski definition) is 5. The van der Waals surface area contributed by atoms with Crippen LogP contribution >= 0.6 is 15.9 Å². The molecule has 0 saturated heterocycles. The molecule has 1 N–H and O–H groups in total. The molecule has 25 heavy (non-hydrogen) atoms. The van der Waals surface area contributed by atoms with Crippen LogP contribution in [-0.4, -0.2) is 21.0 Å². The van der Waals surface area contributed by atoms with Gasteiger partial charge >= 0.3 is 5.97 Å². The van der Waals surface area contributed by atoms with E-state index in [9.17, 15) is 13.2 Å². The number of ether oxygens (including phenoxy) is 1. The molecule has 0 atom stereocenters. The van der Waals surface area contributed by atoms with Gasteiger partial charge in [-0.05, 0) is 50.2 Å². The summed E-state index contributed by atoms with van der Waals surface area (Å²) in [5, 5.41) is 2.84. The van der Waals surface area contributed by atoms with Gasteiger partial charge in [0, 0.05) is 16.4 Å². The van der Waals surface area contributed by atoms with E-state index in [0.717, 1.165) is 16.2 Å². The van der Waals surface area contributed by atoms with Crippen LogP contribution in [0, 0.1) is 6.92 Å². The molecule has 0 bridgehead atoms. The second kappa shape index (κ2) is 8.31. The van der Waals surface area contributed by atoms with Crippen molar-refractivity contribution in [2.75, 3.05) is 11.9 Å². The summed E-state index contributed by atoms with van der Waals surface area (Å²) in [7, 11) is -4.00. The molecule has 132 valence electrons. The molecule has 0 aliphatic carbocycles. The lowest BCUT2D eigenvalue weighted by Crippen LogP contribution is -2.18. The quantitative estimate of drug-likeness (QED) is 0.560. The van der Waals surface area contributed by atoms with Crippen LogP contribution in [0.15, 0.2) is 69.0 Å². The summed E-state index contributed by atoms with van der Waals surface area (Å²) in [5.41, 5.74) is 1.57. The summed E-state index contributed by atoms with van der Waals surface area (Å²) in [6.07, 6.45) is 1.16. The van der Waals surface area contributed by atoms with E-state index in [1.165, 1.54) is 12.1 Å². The third kappa shape index (κ3) is 4.93. The molecule has 2 aromatic rings. The normalized spacial score (nSPS) is 11.9. The topological polar surface area (TPSA) is 72.5 Å². The third-order valence-electron chi connectivity index (χ3n) is 3.31. The molecule has 0 amide bonds. The summed E-state index contributed by atoms with van der Waals surface area (Å²) in [6.45, 7) is 3.56. The Morgan fingerprint density at radius 3 is 2.28 bits per heavy atom. The van der Waals surface area contributed by atoms with Gasteiger partial charge in [-0.1, -0.05) is 33.6 Å². The van der Waals surface area contributed by atoms with Crippen molar-refractivity contribution in [1.29, 1.82) is 0 Å². The zero-order valence-corrected chi connectivity index (χ0v) is 16.2. The molecule has 2 aromatic carbocycles. The van der Waals surface area contributed by atoms with Gasteiger partial charge in [-0.25, -0.2) is 13.2 Å². The van der Waals surface area contributed by atoms with Crippen molar-refractivity contribution in [3.8, 4) is 0 Å². The Balaban J connectivity index is 2.40. The standard InChI is InChI=1S/C18H18BrNO4S/c1-3-24-18(21)17(12-20-15-8-6-14(19)7-9-15)25(22,23)16-10-4-13(2)5-11-16/h4-12,20H,3H2,1-2H3/b17-12+. The molecule has 0 aromatic heterocycles. The summed E-state index contributed by atoms with van der Waals surface area (Å²) >= 11 is 3.32. The number of halogens is 1. The van der Waals surface area contributed by atoms with Crippen molar-refractivity contribution in [1.82, 2.24) is 0 Å². The lowest BCUT2D eigenvalue weighted by Gasteiger charge is -2.10. The first-order valence-electron chi connectivity index (χ1n) is 7.55. The molecule has 0 spiro atoms. The predicted molar refractivity (Wildman–Crippen MR) is 101 cm³/mol. The van der Waals surface area contributed by atoms with Crippen LogP contribution < -0.4 is 5.32 Å². The van der Waals surface area contributed by atoms with Crippen LogP contribution in [-0.2, 0) is 19.4 Å². The van der Waals surface area contributed by atoms with Gasteiger partial charge in [-0.15, -0.1) is 0 Å². The number of carbonyl (C=O) groups is 1. The Morgan fingerprint density at radius 1 is 1.12 bits per heavy atom. The Kier molecular flexibility index (Phi) is 6.39. The van der Waals surface area contributed by atoms with Gasteiger partial charge in [0.25, 0.3) is 0 Å². The highest BCUT2D eigenvalue weighted by molar-refractivity contribution is 9.10. The highest BCUT2D eigenvalue weighted by atomic mass is 79.9. The number of carbonyl (C=O) groups excluding carboxylic acids is 1. The van der Waals surface area contributed by atoms with Gasteiger partial charge in [-0.2, -0.15) is 0 Å². The van der Waals surface area contributed by atoms with Crippen LogP contribution in [0.3, 0.4) is 0 Å². The average Bonchev–Trinajstić information content (AvgIpc) is 2.57. The maximum atomic E-state index is 12.8. The van der Waals surface area contributed by atoms with Crippen molar-refractivity contribution in [2.45, 2.75) is 18.7 Å². The molecule has 5 nitrogen and oxygen atoms in total. The Bertz CT molecular complexity index is 872. The van der Waals surface area contributed by atoms with Crippen LogP contribution in [0.25, 0.3) is 0 Å². The van der Waals surface area contributed by atoms with E-state index >= 15 is 0 Å². The van der Waals surface area contributed by atoms with E-state index < -0.39 is 20.7 Å². The fourth-order valence-electron chi connectivity index (χ4n) is 1.99. The first kappa shape index (κ1) is 19.2. The van der Waals surface area contributed by atoms with Gasteiger partial charge in [0.05, 0.1) is 11.5 Å². The lowest BCUT2D eigenvalue weighted by molar-refractivity contribution is -0.137. The molecule has 2 rings (SSSR count). The molecule has 0 aliphatic rings. The fraction of sp³-hybridized carbons (Fsp3) is 0.167. The monoisotopic (exact) mass is 423 g/mol. The van der Waals surface area contributed by atoms with E-state index in [0.29, 0.717) is 5.69 Å². The van der Waals surface area contributed by atoms with Crippen LogP contribution in [0.5, 0.6) is 0 Å². The molecule has 0 saturated carbocycles. The number of sulfone groups is 1. The summed E-state index contributed by atoms with van der Waals surface area (Å²) in [4.78, 5) is 11.8. The van der Waals surface area contributed by atoms with Crippen LogP contribution in [0.2, 0.25) is 0 Å². The van der Waals surface area contributed by atoms with Crippen LogP contribution in [0.1, 0.15) is 12.5 Å². The summed E-state index contributed by atoms with van der Waals surface area (Å²) in [5.74, 6) is -0.896. The Labute approximate surface area is 155 Å². The van der Waals surface area contributed by atoms with Gasteiger partial charge < -0.3 is 10.1 Å². The first-order valence-corrected chi connectivity index (χ1v) is 9.83. The number of esters is 1. The minimum atomic E-state index is -4.00.